The molecule has 0 aliphatic rings. The molecule has 0 saturated carbocycles. The first-order valence-electron chi connectivity index (χ1n) is 6.57. The minimum absolute atomic E-state index is 0.0752. The van der Waals surface area contributed by atoms with E-state index in [2.05, 4.69) is 20.3 Å². The van der Waals surface area contributed by atoms with E-state index in [-0.39, 0.29) is 4.90 Å². The van der Waals surface area contributed by atoms with E-state index < -0.39 is 10.0 Å². The van der Waals surface area contributed by atoms with Crippen LogP contribution in [0.2, 0.25) is 0 Å². The molecule has 0 unspecified atom stereocenters. The number of aromatic nitrogens is 3. The Bertz CT molecular complexity index is 939. The summed E-state index contributed by atoms with van der Waals surface area (Å²) >= 11 is 1.40. The van der Waals surface area contributed by atoms with Gasteiger partial charge in [-0.3, -0.25) is 4.98 Å². The highest BCUT2D eigenvalue weighted by Crippen LogP contribution is 2.34. The molecule has 0 aliphatic heterocycles. The minimum Gasteiger partial charge on any atom is -0.315 e. The van der Waals surface area contributed by atoms with Crippen molar-refractivity contribution < 1.29 is 8.42 Å². The van der Waals surface area contributed by atoms with Crippen molar-refractivity contribution in [2.45, 2.75) is 11.8 Å². The van der Waals surface area contributed by atoms with Crippen molar-refractivity contribution in [3.05, 3.63) is 48.5 Å². The Morgan fingerprint density at radius 3 is 2.78 bits per heavy atom. The Morgan fingerprint density at radius 2 is 2.09 bits per heavy atom. The topological polar surface area (TPSA) is 111 Å². The van der Waals surface area contributed by atoms with Crippen molar-refractivity contribution in [2.75, 3.05) is 5.32 Å². The molecule has 0 amide bonds. The molecule has 2 aromatic heterocycles. The summed E-state index contributed by atoms with van der Waals surface area (Å²) in [4.78, 5) is 13.5. The Kier molecular flexibility index (Phi) is 4.07. The largest absolute Gasteiger partial charge is 0.315 e. The first-order chi connectivity index (χ1) is 10.9. The van der Waals surface area contributed by atoms with Crippen LogP contribution in [-0.4, -0.2) is 23.4 Å². The lowest BCUT2D eigenvalue weighted by atomic mass is 10.2. The van der Waals surface area contributed by atoms with Gasteiger partial charge >= 0.3 is 0 Å². The number of benzene rings is 1. The van der Waals surface area contributed by atoms with Gasteiger partial charge in [-0.15, -0.1) is 0 Å². The zero-order valence-electron chi connectivity index (χ0n) is 12.1. The van der Waals surface area contributed by atoms with Crippen molar-refractivity contribution in [3.8, 4) is 10.4 Å². The molecule has 0 atom stereocenters. The monoisotopic (exact) mass is 347 g/mol. The summed E-state index contributed by atoms with van der Waals surface area (Å²) < 4.78 is 23.0. The molecule has 9 heteroatoms. The normalized spacial score (nSPS) is 11.4. The van der Waals surface area contributed by atoms with Gasteiger partial charge in [-0.1, -0.05) is 23.5 Å². The number of hydrogen-bond donors (Lipinski definition) is 2. The van der Waals surface area contributed by atoms with Gasteiger partial charge in [-0.25, -0.2) is 23.5 Å². The van der Waals surface area contributed by atoms with Crippen LogP contribution in [-0.2, 0) is 10.0 Å². The van der Waals surface area contributed by atoms with Crippen LogP contribution in [0.15, 0.2) is 47.8 Å². The summed E-state index contributed by atoms with van der Waals surface area (Å²) in [7, 11) is -3.74. The lowest BCUT2D eigenvalue weighted by molar-refractivity contribution is 0.598. The number of aryl methyl sites for hydroxylation is 1. The number of rotatable bonds is 4. The van der Waals surface area contributed by atoms with E-state index >= 15 is 0 Å². The number of primary sulfonamides is 1. The molecule has 0 fully saturated rings. The number of nitrogens with zero attached hydrogens (tertiary/aromatic N) is 3. The molecule has 3 aromatic rings. The molecule has 0 bridgehead atoms. The predicted octanol–water partition coefficient (Wildman–Crippen LogP) is 2.30. The highest BCUT2D eigenvalue weighted by Gasteiger charge is 2.13. The first-order valence-corrected chi connectivity index (χ1v) is 8.93. The van der Waals surface area contributed by atoms with Crippen molar-refractivity contribution in [2.24, 2.45) is 5.14 Å². The molecule has 3 rings (SSSR count). The van der Waals surface area contributed by atoms with Gasteiger partial charge in [0.05, 0.1) is 21.7 Å². The third kappa shape index (κ3) is 3.52. The molecular formula is C14H13N5O2S2. The fourth-order valence-corrected chi connectivity index (χ4v) is 3.53. The predicted molar refractivity (Wildman–Crippen MR) is 89.0 cm³/mol. The van der Waals surface area contributed by atoms with E-state index in [1.165, 1.54) is 17.4 Å². The van der Waals surface area contributed by atoms with Gasteiger partial charge in [0.2, 0.25) is 10.0 Å². The molecular weight excluding hydrogens is 334 g/mol. The molecule has 23 heavy (non-hydrogen) atoms. The van der Waals surface area contributed by atoms with E-state index in [0.717, 1.165) is 16.1 Å². The van der Waals surface area contributed by atoms with Crippen molar-refractivity contribution in [1.29, 1.82) is 0 Å². The van der Waals surface area contributed by atoms with Crippen LogP contribution in [0.1, 0.15) is 5.69 Å². The Morgan fingerprint density at radius 1 is 1.26 bits per heavy atom. The summed E-state index contributed by atoms with van der Waals surface area (Å²) in [5, 5.41) is 8.90. The van der Waals surface area contributed by atoms with Gasteiger partial charge in [-0.05, 0) is 24.6 Å². The molecule has 2 heterocycles. The standard InChI is InChI=1S/C14H13N5O2S2/c1-9-13(10-3-2-4-11(7-10)23(15,20)21)22-14(18-9)19-12-8-16-5-6-17-12/h2-8H,1H3,(H2,15,20,21)(H,17,18,19). The number of thiazole rings is 1. The second-order valence-electron chi connectivity index (χ2n) is 4.72. The van der Waals surface area contributed by atoms with Crippen molar-refractivity contribution in [1.82, 2.24) is 15.0 Å². The fraction of sp³-hybridized carbons (Fsp3) is 0.0714. The van der Waals surface area contributed by atoms with Crippen LogP contribution in [0.5, 0.6) is 0 Å². The molecule has 1 aromatic carbocycles. The SMILES string of the molecule is Cc1nc(Nc2cnccn2)sc1-c1cccc(S(N)(=O)=O)c1. The van der Waals surface area contributed by atoms with E-state index in [4.69, 9.17) is 5.14 Å². The zero-order chi connectivity index (χ0) is 16.4. The summed E-state index contributed by atoms with van der Waals surface area (Å²) in [6.45, 7) is 1.86. The van der Waals surface area contributed by atoms with Crippen LogP contribution in [0.4, 0.5) is 10.9 Å². The van der Waals surface area contributed by atoms with E-state index in [9.17, 15) is 8.42 Å². The van der Waals surface area contributed by atoms with Crippen LogP contribution < -0.4 is 10.5 Å². The second kappa shape index (κ2) is 6.03. The number of nitrogens with one attached hydrogen (secondary N) is 1. The van der Waals surface area contributed by atoms with E-state index in [0.29, 0.717) is 10.9 Å². The van der Waals surface area contributed by atoms with Gasteiger partial charge in [0.15, 0.2) is 10.9 Å². The zero-order valence-corrected chi connectivity index (χ0v) is 13.7. The summed E-state index contributed by atoms with van der Waals surface area (Å²) in [5.74, 6) is 0.589. The van der Waals surface area contributed by atoms with Crippen LogP contribution in [0.25, 0.3) is 10.4 Å². The Labute approximate surface area is 137 Å². The quantitative estimate of drug-likeness (QED) is 0.749. The van der Waals surface area contributed by atoms with Crippen molar-refractivity contribution in [3.63, 3.8) is 0 Å². The number of nitrogens with two attached hydrogens (primary N) is 1. The molecule has 3 N–H and O–H groups in total. The number of sulfonamides is 1. The fourth-order valence-electron chi connectivity index (χ4n) is 2.01. The lowest BCUT2D eigenvalue weighted by Gasteiger charge is -2.02. The summed E-state index contributed by atoms with van der Waals surface area (Å²) in [5.41, 5.74) is 1.53. The van der Waals surface area contributed by atoms with E-state index in [1.54, 1.807) is 30.7 Å². The van der Waals surface area contributed by atoms with Gasteiger partial charge in [0.1, 0.15) is 0 Å². The maximum atomic E-state index is 11.5. The molecule has 0 radical (unpaired) electrons. The molecule has 0 spiro atoms. The molecule has 0 aliphatic carbocycles. The number of hydrogen-bond acceptors (Lipinski definition) is 7. The third-order valence-corrected chi connectivity index (χ3v) is 5.05. The van der Waals surface area contributed by atoms with Crippen LogP contribution in [0.3, 0.4) is 0 Å². The highest BCUT2D eigenvalue weighted by atomic mass is 32.2. The first kappa shape index (κ1) is 15.5. The summed E-state index contributed by atoms with van der Waals surface area (Å²) in [6.07, 6.45) is 4.76. The maximum absolute atomic E-state index is 11.5. The summed E-state index contributed by atoms with van der Waals surface area (Å²) in [6, 6.07) is 6.49. The minimum atomic E-state index is -3.74. The highest BCUT2D eigenvalue weighted by molar-refractivity contribution is 7.89. The van der Waals surface area contributed by atoms with Crippen LogP contribution >= 0.6 is 11.3 Å². The molecule has 118 valence electrons. The van der Waals surface area contributed by atoms with Crippen LogP contribution in [0, 0.1) is 6.92 Å². The third-order valence-electron chi connectivity index (χ3n) is 3.02. The number of anilines is 2. The van der Waals surface area contributed by atoms with Crippen molar-refractivity contribution >= 4 is 32.3 Å². The average Bonchev–Trinajstić information content (AvgIpc) is 2.88. The van der Waals surface area contributed by atoms with Gasteiger partial charge in [-0.2, -0.15) is 0 Å². The molecule has 7 nitrogen and oxygen atoms in total. The second-order valence-corrected chi connectivity index (χ2v) is 7.28. The van der Waals surface area contributed by atoms with Gasteiger partial charge < -0.3 is 5.32 Å². The van der Waals surface area contributed by atoms with Gasteiger partial charge in [0, 0.05) is 12.4 Å². The van der Waals surface area contributed by atoms with E-state index in [1.807, 2.05) is 13.0 Å². The smallest absolute Gasteiger partial charge is 0.238 e. The Balaban J connectivity index is 1.95. The molecule has 0 saturated heterocycles. The Hall–Kier alpha value is -2.36. The maximum Gasteiger partial charge on any atom is 0.238 e. The average molecular weight is 347 g/mol. The lowest BCUT2D eigenvalue weighted by Crippen LogP contribution is -2.11. The van der Waals surface area contributed by atoms with Gasteiger partial charge in [0.25, 0.3) is 0 Å².